The van der Waals surface area contributed by atoms with Gasteiger partial charge in [0.2, 0.25) is 0 Å². The molecule has 0 aliphatic rings. The van der Waals surface area contributed by atoms with Crippen LogP contribution in [0.2, 0.25) is 0 Å². The van der Waals surface area contributed by atoms with Crippen LogP contribution in [0.1, 0.15) is 12.5 Å². The van der Waals surface area contributed by atoms with Crippen molar-refractivity contribution in [3.63, 3.8) is 0 Å². The molecule has 0 saturated carbocycles. The predicted molar refractivity (Wildman–Crippen MR) is 75.7 cm³/mol. The molecule has 20 heavy (non-hydrogen) atoms. The van der Waals surface area contributed by atoms with Gasteiger partial charge in [-0.15, -0.1) is 0 Å². The zero-order valence-electron chi connectivity index (χ0n) is 11.1. The standard InChI is InChI=1S/C15H16F2N2O/c1-2-20-15-8-11(4-6-14(15)18)19-9-10-3-5-12(16)13(17)7-10/h3-8,19H,2,9,18H2,1H3. The highest BCUT2D eigenvalue weighted by Crippen LogP contribution is 2.25. The highest BCUT2D eigenvalue weighted by Gasteiger charge is 2.04. The number of hydrogen-bond donors (Lipinski definition) is 2. The Kier molecular flexibility index (Phi) is 4.40. The van der Waals surface area contributed by atoms with Gasteiger partial charge in [-0.2, -0.15) is 0 Å². The van der Waals surface area contributed by atoms with Gasteiger partial charge in [0, 0.05) is 18.3 Å². The molecular formula is C15H16F2N2O. The van der Waals surface area contributed by atoms with Crippen molar-refractivity contribution in [3.8, 4) is 5.75 Å². The molecule has 0 radical (unpaired) electrons. The second kappa shape index (κ2) is 6.23. The van der Waals surface area contributed by atoms with Gasteiger partial charge in [-0.05, 0) is 36.8 Å². The fraction of sp³-hybridized carbons (Fsp3) is 0.200. The molecule has 0 amide bonds. The number of ether oxygens (including phenoxy) is 1. The number of hydrogen-bond acceptors (Lipinski definition) is 3. The number of rotatable bonds is 5. The van der Waals surface area contributed by atoms with E-state index in [4.69, 9.17) is 10.5 Å². The quantitative estimate of drug-likeness (QED) is 0.822. The fourth-order valence-corrected chi connectivity index (χ4v) is 1.78. The molecule has 0 unspecified atom stereocenters. The summed E-state index contributed by atoms with van der Waals surface area (Å²) in [6.07, 6.45) is 0. The summed E-state index contributed by atoms with van der Waals surface area (Å²) >= 11 is 0. The Morgan fingerprint density at radius 2 is 1.90 bits per heavy atom. The number of halogens is 2. The molecule has 0 aliphatic carbocycles. The molecule has 0 spiro atoms. The van der Waals surface area contributed by atoms with E-state index in [1.54, 1.807) is 18.2 Å². The van der Waals surface area contributed by atoms with E-state index in [0.29, 0.717) is 30.2 Å². The van der Waals surface area contributed by atoms with Crippen LogP contribution in [0.25, 0.3) is 0 Å². The molecule has 0 fully saturated rings. The second-order valence-electron chi connectivity index (χ2n) is 4.29. The second-order valence-corrected chi connectivity index (χ2v) is 4.29. The molecule has 0 bridgehead atoms. The zero-order chi connectivity index (χ0) is 14.5. The average molecular weight is 278 g/mol. The first-order valence-electron chi connectivity index (χ1n) is 6.30. The maximum atomic E-state index is 13.1. The van der Waals surface area contributed by atoms with Gasteiger partial charge in [0.15, 0.2) is 11.6 Å². The molecule has 3 N–H and O–H groups in total. The molecule has 2 rings (SSSR count). The highest BCUT2D eigenvalue weighted by atomic mass is 19.2. The molecule has 0 aliphatic heterocycles. The van der Waals surface area contributed by atoms with Crippen LogP contribution in [-0.4, -0.2) is 6.61 Å². The van der Waals surface area contributed by atoms with Gasteiger partial charge < -0.3 is 15.8 Å². The third-order valence-electron chi connectivity index (χ3n) is 2.79. The van der Waals surface area contributed by atoms with Crippen LogP contribution in [0.3, 0.4) is 0 Å². The Bertz CT molecular complexity index is 602. The Morgan fingerprint density at radius 3 is 2.60 bits per heavy atom. The molecule has 2 aromatic carbocycles. The largest absolute Gasteiger partial charge is 0.492 e. The van der Waals surface area contributed by atoms with Gasteiger partial charge in [0.1, 0.15) is 5.75 Å². The van der Waals surface area contributed by atoms with Crippen LogP contribution in [0.5, 0.6) is 5.75 Å². The van der Waals surface area contributed by atoms with Gasteiger partial charge >= 0.3 is 0 Å². The van der Waals surface area contributed by atoms with Crippen molar-refractivity contribution < 1.29 is 13.5 Å². The predicted octanol–water partition coefficient (Wildman–Crippen LogP) is 3.56. The van der Waals surface area contributed by atoms with Crippen LogP contribution >= 0.6 is 0 Å². The molecule has 106 valence electrons. The number of nitrogens with one attached hydrogen (secondary N) is 1. The minimum Gasteiger partial charge on any atom is -0.492 e. The van der Waals surface area contributed by atoms with E-state index in [1.165, 1.54) is 12.1 Å². The molecular weight excluding hydrogens is 262 g/mol. The number of nitrogens with two attached hydrogens (primary N) is 1. The molecule has 0 atom stereocenters. The normalized spacial score (nSPS) is 10.3. The monoisotopic (exact) mass is 278 g/mol. The zero-order valence-corrected chi connectivity index (χ0v) is 11.1. The van der Waals surface area contributed by atoms with E-state index in [2.05, 4.69) is 5.32 Å². The van der Waals surface area contributed by atoms with Crippen LogP contribution in [0.15, 0.2) is 36.4 Å². The van der Waals surface area contributed by atoms with E-state index in [1.807, 2.05) is 6.92 Å². The maximum Gasteiger partial charge on any atom is 0.159 e. The van der Waals surface area contributed by atoms with Crippen LogP contribution < -0.4 is 15.8 Å². The average Bonchev–Trinajstić information content (AvgIpc) is 2.43. The summed E-state index contributed by atoms with van der Waals surface area (Å²) in [7, 11) is 0. The topological polar surface area (TPSA) is 47.3 Å². The van der Waals surface area contributed by atoms with Gasteiger partial charge in [0.25, 0.3) is 0 Å². The smallest absolute Gasteiger partial charge is 0.159 e. The molecule has 2 aromatic rings. The van der Waals surface area contributed by atoms with Crippen molar-refractivity contribution in [1.82, 2.24) is 0 Å². The van der Waals surface area contributed by atoms with Gasteiger partial charge in [-0.3, -0.25) is 0 Å². The summed E-state index contributed by atoms with van der Waals surface area (Å²) in [5.41, 5.74) is 7.79. The summed E-state index contributed by atoms with van der Waals surface area (Å²) in [5, 5.41) is 3.11. The van der Waals surface area contributed by atoms with Crippen molar-refractivity contribution in [2.75, 3.05) is 17.7 Å². The number of nitrogen functional groups attached to an aromatic ring is 1. The van der Waals surface area contributed by atoms with Crippen LogP contribution in [-0.2, 0) is 6.54 Å². The molecule has 0 heterocycles. The number of anilines is 2. The summed E-state index contributed by atoms with van der Waals surface area (Å²) in [6.45, 7) is 2.78. The van der Waals surface area contributed by atoms with Crippen molar-refractivity contribution in [2.45, 2.75) is 13.5 Å². The van der Waals surface area contributed by atoms with Crippen LogP contribution in [0.4, 0.5) is 20.2 Å². The number of benzene rings is 2. The summed E-state index contributed by atoms with van der Waals surface area (Å²) < 4.78 is 31.3. The lowest BCUT2D eigenvalue weighted by Gasteiger charge is -2.11. The van der Waals surface area contributed by atoms with E-state index in [9.17, 15) is 8.78 Å². The lowest BCUT2D eigenvalue weighted by atomic mass is 10.2. The Labute approximate surface area is 116 Å². The molecule has 5 heteroatoms. The van der Waals surface area contributed by atoms with Crippen molar-refractivity contribution >= 4 is 11.4 Å². The Morgan fingerprint density at radius 1 is 1.10 bits per heavy atom. The SMILES string of the molecule is CCOc1cc(NCc2ccc(F)c(F)c2)ccc1N. The third kappa shape index (κ3) is 3.38. The summed E-state index contributed by atoms with van der Waals surface area (Å²) in [6, 6.07) is 9.13. The molecule has 0 saturated heterocycles. The van der Waals surface area contributed by atoms with E-state index in [-0.39, 0.29) is 0 Å². The first-order valence-corrected chi connectivity index (χ1v) is 6.30. The van der Waals surface area contributed by atoms with Crippen LogP contribution in [0, 0.1) is 11.6 Å². The van der Waals surface area contributed by atoms with Crippen molar-refractivity contribution in [3.05, 3.63) is 53.6 Å². The summed E-state index contributed by atoms with van der Waals surface area (Å²) in [4.78, 5) is 0. The van der Waals surface area contributed by atoms with Crippen molar-refractivity contribution in [2.24, 2.45) is 0 Å². The van der Waals surface area contributed by atoms with E-state index < -0.39 is 11.6 Å². The summed E-state index contributed by atoms with van der Waals surface area (Å²) in [5.74, 6) is -1.10. The highest BCUT2D eigenvalue weighted by molar-refractivity contribution is 5.61. The van der Waals surface area contributed by atoms with Gasteiger partial charge in [0.05, 0.1) is 12.3 Å². The van der Waals surface area contributed by atoms with E-state index >= 15 is 0 Å². The van der Waals surface area contributed by atoms with E-state index in [0.717, 1.165) is 11.8 Å². The Balaban J connectivity index is 2.06. The van der Waals surface area contributed by atoms with Gasteiger partial charge in [-0.25, -0.2) is 8.78 Å². The maximum absolute atomic E-state index is 13.1. The third-order valence-corrected chi connectivity index (χ3v) is 2.79. The lowest BCUT2D eigenvalue weighted by Crippen LogP contribution is -2.02. The minimum absolute atomic E-state index is 0.382. The van der Waals surface area contributed by atoms with Gasteiger partial charge in [-0.1, -0.05) is 6.07 Å². The van der Waals surface area contributed by atoms with Crippen molar-refractivity contribution in [1.29, 1.82) is 0 Å². The first kappa shape index (κ1) is 14.1. The lowest BCUT2D eigenvalue weighted by molar-refractivity contribution is 0.342. The fourth-order valence-electron chi connectivity index (χ4n) is 1.78. The molecule has 0 aromatic heterocycles. The minimum atomic E-state index is -0.850. The Hall–Kier alpha value is -2.30. The first-order chi connectivity index (χ1) is 9.60. The molecule has 3 nitrogen and oxygen atoms in total.